The molecule has 4 heteroatoms. The Morgan fingerprint density at radius 3 is 2.75 bits per heavy atom. The Labute approximate surface area is 148 Å². The summed E-state index contributed by atoms with van der Waals surface area (Å²) in [5.74, 6) is 0. The third-order valence-electron chi connectivity index (χ3n) is 5.74. The highest BCUT2D eigenvalue weighted by atomic mass is 32.1. The summed E-state index contributed by atoms with van der Waals surface area (Å²) in [7, 11) is 0. The van der Waals surface area contributed by atoms with E-state index in [1.807, 2.05) is 11.3 Å². The van der Waals surface area contributed by atoms with E-state index >= 15 is 0 Å². The molecule has 1 aliphatic carbocycles. The second-order valence-electron chi connectivity index (χ2n) is 7.13. The van der Waals surface area contributed by atoms with E-state index in [0.29, 0.717) is 0 Å². The van der Waals surface area contributed by atoms with Crippen LogP contribution in [0.4, 0.5) is 0 Å². The molecule has 1 aliphatic heterocycles. The molecule has 3 nitrogen and oxygen atoms in total. The molecule has 128 valence electrons. The lowest BCUT2D eigenvalue weighted by Gasteiger charge is -2.39. The van der Waals surface area contributed by atoms with E-state index in [1.54, 1.807) is 0 Å². The predicted molar refractivity (Wildman–Crippen MR) is 99.7 cm³/mol. The minimum atomic E-state index is -0.331. The van der Waals surface area contributed by atoms with Crippen molar-refractivity contribution in [2.45, 2.75) is 43.7 Å². The van der Waals surface area contributed by atoms with E-state index in [9.17, 15) is 5.11 Å². The average molecular weight is 343 g/mol. The second kappa shape index (κ2) is 6.60. The molecule has 1 saturated heterocycles. The molecule has 2 atom stereocenters. The van der Waals surface area contributed by atoms with Gasteiger partial charge < -0.3 is 15.7 Å². The smallest absolute Gasteiger partial charge is 0.0832 e. The molecule has 1 spiro atoms. The first-order valence-corrected chi connectivity index (χ1v) is 9.79. The number of nitrogens with one attached hydrogen (secondary N) is 2. The zero-order valence-electron chi connectivity index (χ0n) is 14.2. The van der Waals surface area contributed by atoms with Crippen molar-refractivity contribution >= 4 is 11.3 Å². The van der Waals surface area contributed by atoms with Gasteiger partial charge in [-0.15, -0.1) is 11.3 Å². The molecule has 0 bridgehead atoms. The largest absolute Gasteiger partial charge is 0.390 e. The van der Waals surface area contributed by atoms with Crippen molar-refractivity contribution in [1.82, 2.24) is 10.6 Å². The molecule has 2 heterocycles. The first-order chi connectivity index (χ1) is 11.7. The van der Waals surface area contributed by atoms with Crippen LogP contribution >= 0.6 is 11.3 Å². The van der Waals surface area contributed by atoms with Crippen molar-refractivity contribution in [2.75, 3.05) is 19.6 Å². The highest BCUT2D eigenvalue weighted by Gasteiger charge is 2.51. The van der Waals surface area contributed by atoms with Crippen molar-refractivity contribution in [2.24, 2.45) is 0 Å². The van der Waals surface area contributed by atoms with Gasteiger partial charge in [-0.1, -0.05) is 24.3 Å². The van der Waals surface area contributed by atoms with E-state index < -0.39 is 0 Å². The number of aliphatic hydroxyl groups is 1. The topological polar surface area (TPSA) is 44.3 Å². The van der Waals surface area contributed by atoms with Crippen LogP contribution in [0.15, 0.2) is 36.4 Å². The first kappa shape index (κ1) is 16.3. The van der Waals surface area contributed by atoms with Crippen LogP contribution in [0, 0.1) is 6.92 Å². The van der Waals surface area contributed by atoms with Crippen LogP contribution in [0.2, 0.25) is 0 Å². The molecule has 0 radical (unpaired) electrons. The summed E-state index contributed by atoms with van der Waals surface area (Å²) >= 11 is 1.87. The van der Waals surface area contributed by atoms with Crippen molar-refractivity contribution in [3.8, 4) is 0 Å². The fraction of sp³-hybridized carbons (Fsp3) is 0.500. The number of rotatable bonds is 4. The maximum atomic E-state index is 11.2. The van der Waals surface area contributed by atoms with E-state index in [2.05, 4.69) is 54.0 Å². The molecular weight excluding hydrogens is 316 g/mol. The molecule has 0 saturated carbocycles. The molecule has 1 aromatic carbocycles. The van der Waals surface area contributed by atoms with Gasteiger partial charge in [0.2, 0.25) is 0 Å². The van der Waals surface area contributed by atoms with Gasteiger partial charge in [-0.2, -0.15) is 0 Å². The summed E-state index contributed by atoms with van der Waals surface area (Å²) in [6, 6.07) is 13.1. The molecule has 1 aromatic heterocycles. The summed E-state index contributed by atoms with van der Waals surface area (Å²) in [6.45, 7) is 5.04. The van der Waals surface area contributed by atoms with Crippen molar-refractivity contribution in [3.05, 3.63) is 57.3 Å². The maximum Gasteiger partial charge on any atom is 0.0832 e. The number of benzene rings is 1. The van der Waals surface area contributed by atoms with Gasteiger partial charge >= 0.3 is 0 Å². The van der Waals surface area contributed by atoms with Gasteiger partial charge in [-0.05, 0) is 62.5 Å². The first-order valence-electron chi connectivity index (χ1n) is 8.98. The SMILES string of the molecule is Cc1ccc(CCN[C@H]2c3ccccc3C3(CCNCC3)[C@@H]2O)s1. The van der Waals surface area contributed by atoms with Crippen LogP contribution in [0.3, 0.4) is 0 Å². The third kappa shape index (κ3) is 2.72. The van der Waals surface area contributed by atoms with Crippen LogP contribution in [-0.2, 0) is 11.8 Å². The molecule has 3 N–H and O–H groups in total. The number of thiophene rings is 1. The Morgan fingerprint density at radius 2 is 2.00 bits per heavy atom. The van der Waals surface area contributed by atoms with E-state index in [-0.39, 0.29) is 17.6 Å². The summed E-state index contributed by atoms with van der Waals surface area (Å²) in [6.07, 6.45) is 2.74. The molecule has 4 rings (SSSR count). The van der Waals surface area contributed by atoms with Gasteiger partial charge in [-0.3, -0.25) is 0 Å². The Morgan fingerprint density at radius 1 is 1.21 bits per heavy atom. The van der Waals surface area contributed by atoms with Gasteiger partial charge in [-0.25, -0.2) is 0 Å². The summed E-state index contributed by atoms with van der Waals surface area (Å²) < 4.78 is 0. The number of hydrogen-bond donors (Lipinski definition) is 3. The van der Waals surface area contributed by atoms with Gasteiger partial charge in [0.15, 0.2) is 0 Å². The number of piperidine rings is 1. The third-order valence-corrected chi connectivity index (χ3v) is 6.80. The van der Waals surface area contributed by atoms with E-state index in [1.165, 1.54) is 20.9 Å². The standard InChI is InChI=1S/C20H26N2OS/c1-14-6-7-15(24-14)8-11-22-18-16-4-2-3-5-17(16)20(19(18)23)9-12-21-13-10-20/h2-7,18-19,21-23H,8-13H2,1H3/t18-,19+/m0/s1. The summed E-state index contributed by atoms with van der Waals surface area (Å²) in [4.78, 5) is 2.78. The minimum absolute atomic E-state index is 0.0559. The fourth-order valence-electron chi connectivity index (χ4n) is 4.50. The van der Waals surface area contributed by atoms with Gasteiger partial charge in [0.05, 0.1) is 12.1 Å². The van der Waals surface area contributed by atoms with E-state index in [0.717, 1.165) is 38.9 Å². The fourth-order valence-corrected chi connectivity index (χ4v) is 5.39. The lowest BCUT2D eigenvalue weighted by atomic mass is 9.72. The minimum Gasteiger partial charge on any atom is -0.390 e. The lowest BCUT2D eigenvalue weighted by Crippen LogP contribution is -2.48. The van der Waals surface area contributed by atoms with Crippen LogP contribution in [0.1, 0.15) is 39.8 Å². The Hall–Kier alpha value is -1.20. The van der Waals surface area contributed by atoms with Crippen LogP contribution in [0.25, 0.3) is 0 Å². The van der Waals surface area contributed by atoms with Crippen molar-refractivity contribution in [1.29, 1.82) is 0 Å². The lowest BCUT2D eigenvalue weighted by molar-refractivity contribution is 0.0446. The molecule has 24 heavy (non-hydrogen) atoms. The van der Waals surface area contributed by atoms with Crippen LogP contribution in [0.5, 0.6) is 0 Å². The quantitative estimate of drug-likeness (QED) is 0.800. The monoisotopic (exact) mass is 342 g/mol. The molecule has 0 unspecified atom stereocenters. The van der Waals surface area contributed by atoms with Crippen molar-refractivity contribution in [3.63, 3.8) is 0 Å². The summed E-state index contributed by atoms with van der Waals surface area (Å²) in [5.41, 5.74) is 2.59. The van der Waals surface area contributed by atoms with Gasteiger partial charge in [0.1, 0.15) is 0 Å². The van der Waals surface area contributed by atoms with Crippen LogP contribution in [-0.4, -0.2) is 30.8 Å². The number of aryl methyl sites for hydroxylation is 1. The molecular formula is C20H26N2OS. The zero-order valence-corrected chi connectivity index (χ0v) is 15.0. The Bertz CT molecular complexity index is 705. The predicted octanol–water partition coefficient (Wildman–Crippen LogP) is 2.93. The molecule has 2 aliphatic rings. The normalized spacial score (nSPS) is 25.1. The number of aliphatic hydroxyl groups excluding tert-OH is 1. The van der Waals surface area contributed by atoms with E-state index in [4.69, 9.17) is 0 Å². The van der Waals surface area contributed by atoms with Gasteiger partial charge in [0.25, 0.3) is 0 Å². The molecule has 1 fully saturated rings. The highest BCUT2D eigenvalue weighted by molar-refractivity contribution is 7.11. The highest BCUT2D eigenvalue weighted by Crippen LogP contribution is 2.49. The summed E-state index contributed by atoms with van der Waals surface area (Å²) in [5, 5.41) is 18.3. The average Bonchev–Trinajstić information content (AvgIpc) is 3.12. The molecule has 2 aromatic rings. The Kier molecular flexibility index (Phi) is 4.48. The Balaban J connectivity index is 1.52. The maximum absolute atomic E-state index is 11.2. The number of fused-ring (bicyclic) bond motifs is 2. The van der Waals surface area contributed by atoms with Gasteiger partial charge in [0, 0.05) is 21.7 Å². The number of hydrogen-bond acceptors (Lipinski definition) is 4. The molecule has 0 amide bonds. The zero-order chi connectivity index (χ0) is 16.6. The second-order valence-corrected chi connectivity index (χ2v) is 8.50. The van der Waals surface area contributed by atoms with Crippen LogP contribution < -0.4 is 10.6 Å². The van der Waals surface area contributed by atoms with Crippen molar-refractivity contribution < 1.29 is 5.11 Å².